The first-order valence-electron chi connectivity index (χ1n) is 7.73. The number of halogens is 1. The van der Waals surface area contributed by atoms with E-state index in [1.807, 2.05) is 36.2 Å². The molecular formula is C17H27ClN4O. The van der Waals surface area contributed by atoms with Crippen LogP contribution in [0.3, 0.4) is 0 Å². The van der Waals surface area contributed by atoms with Gasteiger partial charge in [-0.2, -0.15) is 0 Å². The van der Waals surface area contributed by atoms with E-state index in [9.17, 15) is 4.79 Å². The van der Waals surface area contributed by atoms with E-state index < -0.39 is 0 Å². The minimum Gasteiger partial charge on any atom is -0.356 e. The first-order chi connectivity index (χ1) is 10.8. The molecule has 128 valence electrons. The topological polar surface area (TPSA) is 47.9 Å². The maximum Gasteiger partial charge on any atom is 0.243 e. The predicted octanol–water partition coefficient (Wildman–Crippen LogP) is 2.46. The second-order valence-corrected chi connectivity index (χ2v) is 6.63. The van der Waals surface area contributed by atoms with Crippen molar-refractivity contribution in [3.63, 3.8) is 0 Å². The Labute approximate surface area is 144 Å². The predicted molar refractivity (Wildman–Crippen MR) is 96.8 cm³/mol. The third kappa shape index (κ3) is 7.37. The van der Waals surface area contributed by atoms with E-state index in [0.29, 0.717) is 23.4 Å². The van der Waals surface area contributed by atoms with Gasteiger partial charge >= 0.3 is 0 Å². The summed E-state index contributed by atoms with van der Waals surface area (Å²) < 4.78 is 0. The zero-order valence-electron chi connectivity index (χ0n) is 14.6. The van der Waals surface area contributed by atoms with Gasteiger partial charge in [-0.3, -0.25) is 4.79 Å². The minimum absolute atomic E-state index is 0.0231. The van der Waals surface area contributed by atoms with Crippen molar-refractivity contribution in [2.75, 3.05) is 34.2 Å². The van der Waals surface area contributed by atoms with Crippen LogP contribution in [0.4, 0.5) is 0 Å². The molecule has 1 amide bonds. The van der Waals surface area contributed by atoms with Gasteiger partial charge in [0.05, 0.1) is 0 Å². The molecule has 6 heteroatoms. The number of rotatable bonds is 6. The van der Waals surface area contributed by atoms with E-state index in [1.54, 1.807) is 19.0 Å². The Morgan fingerprint density at radius 3 is 2.57 bits per heavy atom. The standard InChI is InChI=1S/C17H27ClN4O/c1-13(2)10-19-17(20-11-16(23)21(3)4)22(5)12-14-7-6-8-15(18)9-14/h6-9,13H,10-12H2,1-5H3,(H,19,20). The molecule has 0 aliphatic rings. The van der Waals surface area contributed by atoms with E-state index in [-0.39, 0.29) is 12.5 Å². The van der Waals surface area contributed by atoms with Gasteiger partial charge in [-0.15, -0.1) is 0 Å². The first-order valence-corrected chi connectivity index (χ1v) is 8.11. The highest BCUT2D eigenvalue weighted by Crippen LogP contribution is 2.12. The highest BCUT2D eigenvalue weighted by molar-refractivity contribution is 6.30. The maximum atomic E-state index is 11.8. The molecule has 0 unspecified atom stereocenters. The number of nitrogens with zero attached hydrogens (tertiary/aromatic N) is 3. The molecule has 0 heterocycles. The summed E-state index contributed by atoms with van der Waals surface area (Å²) >= 11 is 6.03. The Bertz CT molecular complexity index is 543. The van der Waals surface area contributed by atoms with Crippen LogP contribution in [0.1, 0.15) is 19.4 Å². The summed E-state index contributed by atoms with van der Waals surface area (Å²) in [6.07, 6.45) is 0. The summed E-state index contributed by atoms with van der Waals surface area (Å²) in [6.45, 7) is 5.86. The summed E-state index contributed by atoms with van der Waals surface area (Å²) in [5.74, 6) is 1.18. The van der Waals surface area contributed by atoms with Gasteiger partial charge in [-0.05, 0) is 23.6 Å². The number of benzene rings is 1. The number of hydrogen-bond donors (Lipinski definition) is 1. The van der Waals surface area contributed by atoms with E-state index in [0.717, 1.165) is 12.1 Å². The molecule has 0 spiro atoms. The molecule has 5 nitrogen and oxygen atoms in total. The normalized spacial score (nSPS) is 11.5. The molecule has 0 aromatic heterocycles. The zero-order valence-corrected chi connectivity index (χ0v) is 15.4. The van der Waals surface area contributed by atoms with Crippen LogP contribution >= 0.6 is 11.6 Å². The number of hydrogen-bond acceptors (Lipinski definition) is 2. The molecule has 0 saturated carbocycles. The van der Waals surface area contributed by atoms with E-state index in [1.165, 1.54) is 0 Å². The minimum atomic E-state index is -0.0231. The summed E-state index contributed by atoms with van der Waals surface area (Å²) in [7, 11) is 5.41. The second-order valence-electron chi connectivity index (χ2n) is 6.19. The Kier molecular flexibility index (Phi) is 7.89. The van der Waals surface area contributed by atoms with Gasteiger partial charge in [0.2, 0.25) is 5.91 Å². The van der Waals surface area contributed by atoms with Gasteiger partial charge < -0.3 is 15.1 Å². The van der Waals surface area contributed by atoms with Gasteiger partial charge in [0.1, 0.15) is 6.54 Å². The molecule has 23 heavy (non-hydrogen) atoms. The first kappa shape index (κ1) is 19.3. The molecule has 0 aliphatic heterocycles. The maximum absolute atomic E-state index is 11.8. The molecule has 0 saturated heterocycles. The van der Waals surface area contributed by atoms with Crippen LogP contribution in [0.2, 0.25) is 5.02 Å². The summed E-state index contributed by atoms with van der Waals surface area (Å²) in [6, 6.07) is 7.74. The lowest BCUT2D eigenvalue weighted by Gasteiger charge is -2.23. The molecule has 0 bridgehead atoms. The number of carbonyl (C=O) groups excluding carboxylic acids is 1. The molecule has 0 radical (unpaired) electrons. The van der Waals surface area contributed by atoms with Crippen LogP contribution in [-0.4, -0.2) is 55.9 Å². The van der Waals surface area contributed by atoms with Crippen LogP contribution in [0, 0.1) is 5.92 Å². The molecule has 0 atom stereocenters. The molecular weight excluding hydrogens is 312 g/mol. The van der Waals surface area contributed by atoms with Gasteiger partial charge in [0.15, 0.2) is 5.96 Å². The third-order valence-corrected chi connectivity index (χ3v) is 3.44. The Morgan fingerprint density at radius 2 is 2.00 bits per heavy atom. The highest BCUT2D eigenvalue weighted by Gasteiger charge is 2.10. The van der Waals surface area contributed by atoms with Crippen LogP contribution in [0.15, 0.2) is 29.3 Å². The summed E-state index contributed by atoms with van der Waals surface area (Å²) in [4.78, 5) is 19.7. The largest absolute Gasteiger partial charge is 0.356 e. The fraction of sp³-hybridized carbons (Fsp3) is 0.529. The van der Waals surface area contributed by atoms with Gasteiger partial charge in [0.25, 0.3) is 0 Å². The van der Waals surface area contributed by atoms with Crippen LogP contribution < -0.4 is 5.32 Å². The quantitative estimate of drug-likeness (QED) is 0.640. The fourth-order valence-corrected chi connectivity index (χ4v) is 2.09. The molecule has 0 fully saturated rings. The Hall–Kier alpha value is -1.75. The smallest absolute Gasteiger partial charge is 0.243 e. The van der Waals surface area contributed by atoms with Crippen LogP contribution in [-0.2, 0) is 11.3 Å². The molecule has 1 N–H and O–H groups in total. The van der Waals surface area contributed by atoms with Crippen LogP contribution in [0.5, 0.6) is 0 Å². The van der Waals surface area contributed by atoms with Crippen molar-refractivity contribution in [2.24, 2.45) is 10.9 Å². The monoisotopic (exact) mass is 338 g/mol. The SMILES string of the molecule is CC(C)CNC(=NCC(=O)N(C)C)N(C)Cc1cccc(Cl)c1. The van der Waals surface area contributed by atoms with Gasteiger partial charge in [0, 0.05) is 39.3 Å². The van der Waals surface area contributed by atoms with E-state index in [4.69, 9.17) is 11.6 Å². The number of amides is 1. The molecule has 1 rings (SSSR count). The van der Waals surface area contributed by atoms with Crippen molar-refractivity contribution in [1.82, 2.24) is 15.1 Å². The van der Waals surface area contributed by atoms with Crippen LogP contribution in [0.25, 0.3) is 0 Å². The molecule has 0 aliphatic carbocycles. The third-order valence-electron chi connectivity index (χ3n) is 3.20. The van der Waals surface area contributed by atoms with Crippen molar-refractivity contribution in [1.29, 1.82) is 0 Å². The summed E-state index contributed by atoms with van der Waals surface area (Å²) in [5.41, 5.74) is 1.10. The van der Waals surface area contributed by atoms with E-state index >= 15 is 0 Å². The average molecular weight is 339 g/mol. The van der Waals surface area contributed by atoms with Gasteiger partial charge in [-0.1, -0.05) is 37.6 Å². The van der Waals surface area contributed by atoms with Crippen molar-refractivity contribution in [2.45, 2.75) is 20.4 Å². The lowest BCUT2D eigenvalue weighted by molar-refractivity contribution is -0.127. The van der Waals surface area contributed by atoms with E-state index in [2.05, 4.69) is 24.2 Å². The second kappa shape index (κ2) is 9.40. The van der Waals surface area contributed by atoms with Crippen molar-refractivity contribution in [3.05, 3.63) is 34.9 Å². The Morgan fingerprint density at radius 1 is 1.30 bits per heavy atom. The number of likely N-dealkylation sites (N-methyl/N-ethyl adjacent to an activating group) is 1. The fourth-order valence-electron chi connectivity index (χ4n) is 1.87. The Balaban J connectivity index is 2.80. The zero-order chi connectivity index (χ0) is 17.4. The molecule has 1 aromatic rings. The van der Waals surface area contributed by atoms with Gasteiger partial charge in [-0.25, -0.2) is 4.99 Å². The lowest BCUT2D eigenvalue weighted by Crippen LogP contribution is -2.41. The number of guanidine groups is 1. The average Bonchev–Trinajstić information content (AvgIpc) is 2.46. The highest BCUT2D eigenvalue weighted by atomic mass is 35.5. The number of aliphatic imine (C=N–C) groups is 1. The number of nitrogens with one attached hydrogen (secondary N) is 1. The number of carbonyl (C=O) groups is 1. The molecule has 1 aromatic carbocycles. The van der Waals surface area contributed by atoms with Crippen molar-refractivity contribution < 1.29 is 4.79 Å². The summed E-state index contributed by atoms with van der Waals surface area (Å²) in [5, 5.41) is 4.04. The van der Waals surface area contributed by atoms with Crippen molar-refractivity contribution >= 4 is 23.5 Å². The van der Waals surface area contributed by atoms with Crippen molar-refractivity contribution in [3.8, 4) is 0 Å². The lowest BCUT2D eigenvalue weighted by atomic mass is 10.2.